The highest BCUT2D eigenvalue weighted by Gasteiger charge is 1.94. The van der Waals surface area contributed by atoms with Crippen LogP contribution in [-0.4, -0.2) is 31.6 Å². The minimum atomic E-state index is -0.0105. The van der Waals surface area contributed by atoms with E-state index in [0.717, 1.165) is 0 Å². The molecule has 3 nitrogen and oxygen atoms in total. The smallest absolute Gasteiger partial charge is 0.220 e. The molecule has 0 aromatic rings. The zero-order valence-corrected chi connectivity index (χ0v) is 5.98. The molecule has 9 heavy (non-hydrogen) atoms. The molecule has 0 rings (SSSR count). The first kappa shape index (κ1) is 8.43. The number of amides is 1. The summed E-state index contributed by atoms with van der Waals surface area (Å²) in [7, 11) is 3.78. The molecule has 0 aromatic heterocycles. The summed E-state index contributed by atoms with van der Waals surface area (Å²) in [5.41, 5.74) is 0. The highest BCUT2D eigenvalue weighted by molar-refractivity contribution is 5.76. The largest absolute Gasteiger partial charge is 0.343 e. The third-order valence-corrected chi connectivity index (χ3v) is 0.820. The third-order valence-electron chi connectivity index (χ3n) is 0.820. The van der Waals surface area contributed by atoms with Crippen LogP contribution in [0.2, 0.25) is 0 Å². The van der Waals surface area contributed by atoms with Gasteiger partial charge in [0.05, 0.1) is 6.67 Å². The third kappa shape index (κ3) is 5.30. The molecule has 0 spiro atoms. The molecule has 0 saturated carbocycles. The van der Waals surface area contributed by atoms with Gasteiger partial charge in [0.15, 0.2) is 0 Å². The molecule has 1 amide bonds. The van der Waals surface area contributed by atoms with E-state index in [1.807, 2.05) is 19.0 Å². The van der Waals surface area contributed by atoms with Gasteiger partial charge in [0.1, 0.15) is 0 Å². The molecule has 1 N–H and O–H groups in total. The van der Waals surface area contributed by atoms with Gasteiger partial charge in [-0.25, -0.2) is 0 Å². The van der Waals surface area contributed by atoms with Crippen LogP contribution in [0.3, 0.4) is 0 Å². The molecule has 0 atom stereocenters. The van der Waals surface area contributed by atoms with Crippen molar-refractivity contribution in [3.05, 3.63) is 6.92 Å². The number of carbonyl (C=O) groups is 1. The van der Waals surface area contributed by atoms with Crippen LogP contribution in [0.1, 0.15) is 6.42 Å². The molecule has 0 unspecified atom stereocenters. The fourth-order valence-electron chi connectivity index (χ4n) is 0.335. The van der Waals surface area contributed by atoms with Crippen LogP contribution >= 0.6 is 0 Å². The highest BCUT2D eigenvalue weighted by Crippen LogP contribution is 1.74. The lowest BCUT2D eigenvalue weighted by Gasteiger charge is -2.09. The molecule has 0 aliphatic rings. The molecule has 0 aliphatic heterocycles. The van der Waals surface area contributed by atoms with Crippen LogP contribution < -0.4 is 5.32 Å². The topological polar surface area (TPSA) is 32.3 Å². The van der Waals surface area contributed by atoms with E-state index < -0.39 is 0 Å². The molecule has 1 radical (unpaired) electrons. The Balaban J connectivity index is 3.17. The second-order valence-electron chi connectivity index (χ2n) is 2.09. The molecule has 53 valence electrons. The average Bonchev–Trinajstić information content (AvgIpc) is 1.83. The van der Waals surface area contributed by atoms with Gasteiger partial charge in [-0.1, -0.05) is 0 Å². The Kier molecular flexibility index (Phi) is 4.05. The van der Waals surface area contributed by atoms with Crippen molar-refractivity contribution in [2.45, 2.75) is 6.42 Å². The van der Waals surface area contributed by atoms with Crippen LogP contribution in [0.5, 0.6) is 0 Å². The maximum atomic E-state index is 10.5. The molecule has 0 heterocycles. The standard InChI is InChI=1S/C6H13N2O/c1-4-6(9)7-5-8(2)3/h1,4-5H2,2-3H3,(H,7,9). The van der Waals surface area contributed by atoms with Gasteiger partial charge >= 0.3 is 0 Å². The Morgan fingerprint density at radius 3 is 2.56 bits per heavy atom. The number of hydrogen-bond donors (Lipinski definition) is 1. The minimum Gasteiger partial charge on any atom is -0.343 e. The molecular formula is C6H13N2O. The summed E-state index contributed by atoms with van der Waals surface area (Å²) >= 11 is 0. The summed E-state index contributed by atoms with van der Waals surface area (Å²) in [6.45, 7) is 4.02. The number of rotatable bonds is 3. The fraction of sp³-hybridized carbons (Fsp3) is 0.667. The van der Waals surface area contributed by atoms with E-state index in [4.69, 9.17) is 0 Å². The number of nitrogens with one attached hydrogen (secondary N) is 1. The second-order valence-corrected chi connectivity index (χ2v) is 2.09. The van der Waals surface area contributed by atoms with E-state index in [9.17, 15) is 4.79 Å². The Bertz CT molecular complexity index is 91.1. The van der Waals surface area contributed by atoms with Gasteiger partial charge in [-0.2, -0.15) is 0 Å². The molecule has 0 bridgehead atoms. The van der Waals surface area contributed by atoms with Crippen molar-refractivity contribution in [2.75, 3.05) is 20.8 Å². The first-order chi connectivity index (χ1) is 4.16. The van der Waals surface area contributed by atoms with E-state index in [2.05, 4.69) is 12.2 Å². The predicted molar refractivity (Wildman–Crippen MR) is 36.7 cm³/mol. The van der Waals surface area contributed by atoms with E-state index in [-0.39, 0.29) is 5.91 Å². The Morgan fingerprint density at radius 1 is 1.67 bits per heavy atom. The summed E-state index contributed by atoms with van der Waals surface area (Å²) < 4.78 is 0. The van der Waals surface area contributed by atoms with Crippen molar-refractivity contribution in [3.63, 3.8) is 0 Å². The average molecular weight is 129 g/mol. The highest BCUT2D eigenvalue weighted by atomic mass is 16.1. The van der Waals surface area contributed by atoms with Crippen molar-refractivity contribution in [3.8, 4) is 0 Å². The van der Waals surface area contributed by atoms with Crippen LogP contribution in [0.15, 0.2) is 0 Å². The molecule has 0 fully saturated rings. The van der Waals surface area contributed by atoms with Gasteiger partial charge in [-0.15, -0.1) is 0 Å². The molecular weight excluding hydrogens is 116 g/mol. The maximum Gasteiger partial charge on any atom is 0.220 e. The van der Waals surface area contributed by atoms with E-state index >= 15 is 0 Å². The monoisotopic (exact) mass is 129 g/mol. The minimum absolute atomic E-state index is 0.0105. The summed E-state index contributed by atoms with van der Waals surface area (Å²) in [4.78, 5) is 12.4. The first-order valence-electron chi connectivity index (χ1n) is 2.87. The SMILES string of the molecule is [CH2]CC(=O)NCN(C)C. The van der Waals surface area contributed by atoms with Crippen molar-refractivity contribution in [1.29, 1.82) is 0 Å². The molecule has 0 aliphatic carbocycles. The number of nitrogens with zero attached hydrogens (tertiary/aromatic N) is 1. The lowest BCUT2D eigenvalue weighted by molar-refractivity contribution is -0.120. The van der Waals surface area contributed by atoms with Gasteiger partial charge in [0, 0.05) is 6.42 Å². The molecule has 3 heteroatoms. The van der Waals surface area contributed by atoms with Gasteiger partial charge in [-0.3, -0.25) is 9.69 Å². The normalized spacial score (nSPS) is 9.78. The van der Waals surface area contributed by atoms with Crippen molar-refractivity contribution >= 4 is 5.91 Å². The Hall–Kier alpha value is -0.570. The van der Waals surface area contributed by atoms with Gasteiger partial charge < -0.3 is 5.32 Å². The molecule has 0 saturated heterocycles. The molecule has 0 aromatic carbocycles. The summed E-state index contributed by atoms with van der Waals surface area (Å²) in [6.07, 6.45) is 0.313. The van der Waals surface area contributed by atoms with Gasteiger partial charge in [-0.05, 0) is 21.0 Å². The lowest BCUT2D eigenvalue weighted by atomic mass is 10.5. The predicted octanol–water partition coefficient (Wildman–Crippen LogP) is -0.154. The number of carbonyl (C=O) groups excluding carboxylic acids is 1. The van der Waals surface area contributed by atoms with E-state index in [1.54, 1.807) is 0 Å². The number of hydrogen-bond acceptors (Lipinski definition) is 2. The second kappa shape index (κ2) is 4.32. The zero-order chi connectivity index (χ0) is 7.28. The van der Waals surface area contributed by atoms with Crippen LogP contribution in [0.25, 0.3) is 0 Å². The lowest BCUT2D eigenvalue weighted by Crippen LogP contribution is -2.32. The van der Waals surface area contributed by atoms with Crippen molar-refractivity contribution in [1.82, 2.24) is 10.2 Å². The van der Waals surface area contributed by atoms with E-state index in [1.165, 1.54) is 0 Å². The van der Waals surface area contributed by atoms with Gasteiger partial charge in [0.25, 0.3) is 0 Å². The van der Waals surface area contributed by atoms with Crippen molar-refractivity contribution in [2.24, 2.45) is 0 Å². The van der Waals surface area contributed by atoms with Gasteiger partial charge in [0.2, 0.25) is 5.91 Å². The van der Waals surface area contributed by atoms with E-state index in [0.29, 0.717) is 13.1 Å². The van der Waals surface area contributed by atoms with Crippen LogP contribution in [0, 0.1) is 6.92 Å². The summed E-state index contributed by atoms with van der Waals surface area (Å²) in [5, 5.41) is 2.66. The van der Waals surface area contributed by atoms with Crippen LogP contribution in [-0.2, 0) is 4.79 Å². The first-order valence-corrected chi connectivity index (χ1v) is 2.87. The van der Waals surface area contributed by atoms with Crippen molar-refractivity contribution < 1.29 is 4.79 Å². The maximum absolute atomic E-state index is 10.5. The quantitative estimate of drug-likeness (QED) is 0.537. The summed E-state index contributed by atoms with van der Waals surface area (Å²) in [5.74, 6) is -0.0105. The zero-order valence-electron chi connectivity index (χ0n) is 5.98. The Labute approximate surface area is 56.0 Å². The Morgan fingerprint density at radius 2 is 2.22 bits per heavy atom. The van der Waals surface area contributed by atoms with Crippen LogP contribution in [0.4, 0.5) is 0 Å². The summed E-state index contributed by atoms with van der Waals surface area (Å²) in [6, 6.07) is 0. The fourth-order valence-corrected chi connectivity index (χ4v) is 0.335.